The van der Waals surface area contributed by atoms with Crippen LogP contribution < -0.4 is 15.0 Å². The van der Waals surface area contributed by atoms with Crippen LogP contribution in [0, 0.1) is 11.6 Å². The van der Waals surface area contributed by atoms with Crippen LogP contribution in [0.4, 0.5) is 38.3 Å². The Bertz CT molecular complexity index is 1260. The van der Waals surface area contributed by atoms with E-state index in [9.17, 15) is 31.5 Å². The fourth-order valence-corrected chi connectivity index (χ4v) is 3.57. The van der Waals surface area contributed by atoms with Crippen LogP contribution in [0.5, 0.6) is 5.88 Å². The number of nitrogens with one attached hydrogen (secondary N) is 1. The van der Waals surface area contributed by atoms with Gasteiger partial charge in [0.25, 0.3) is 5.91 Å². The van der Waals surface area contributed by atoms with Gasteiger partial charge in [0.15, 0.2) is 17.5 Å². The zero-order valence-corrected chi connectivity index (χ0v) is 18.4. The average molecular weight is 507 g/mol. The molecule has 0 unspecified atom stereocenters. The molecule has 1 N–H and O–H groups in total. The van der Waals surface area contributed by atoms with E-state index >= 15 is 0 Å². The van der Waals surface area contributed by atoms with Crippen molar-refractivity contribution in [1.82, 2.24) is 15.1 Å². The minimum Gasteiger partial charge on any atom is -0.389 e. The normalized spacial score (nSPS) is 13.9. The van der Waals surface area contributed by atoms with Gasteiger partial charge >= 0.3 is 12.3 Å². The first-order chi connectivity index (χ1) is 17.1. The van der Waals surface area contributed by atoms with Gasteiger partial charge in [0.2, 0.25) is 5.88 Å². The fourth-order valence-electron chi connectivity index (χ4n) is 3.57. The Hall–Kier alpha value is -4.29. The number of hydrogen-bond acceptors (Lipinski definition) is 6. The lowest BCUT2D eigenvalue weighted by atomic mass is 10.1. The summed E-state index contributed by atoms with van der Waals surface area (Å²) >= 11 is 0. The molecule has 2 aromatic carbocycles. The van der Waals surface area contributed by atoms with Crippen molar-refractivity contribution in [1.29, 1.82) is 0 Å². The molecule has 0 atom stereocenters. The van der Waals surface area contributed by atoms with E-state index in [2.05, 4.69) is 15.5 Å². The van der Waals surface area contributed by atoms with E-state index in [4.69, 9.17) is 4.74 Å². The number of halogens is 5. The molecule has 0 saturated carbocycles. The monoisotopic (exact) mass is 507 g/mol. The molecule has 0 bridgehead atoms. The summed E-state index contributed by atoms with van der Waals surface area (Å²) in [5.41, 5.74) is -1.40. The highest BCUT2D eigenvalue weighted by Crippen LogP contribution is 2.32. The highest BCUT2D eigenvalue weighted by Gasteiger charge is 2.36. The third kappa shape index (κ3) is 5.67. The fraction of sp³-hybridized carbons (Fsp3) is 0.217. The molecule has 13 heteroatoms. The maximum Gasteiger partial charge on any atom is 0.418 e. The van der Waals surface area contributed by atoms with Crippen molar-refractivity contribution in [2.75, 3.05) is 36.4 Å². The minimum absolute atomic E-state index is 0.0197. The average Bonchev–Trinajstić information content (AvgIpc) is 2.86. The van der Waals surface area contributed by atoms with E-state index in [0.29, 0.717) is 18.9 Å². The van der Waals surface area contributed by atoms with E-state index in [1.54, 1.807) is 4.90 Å². The van der Waals surface area contributed by atoms with Gasteiger partial charge < -0.3 is 14.5 Å². The van der Waals surface area contributed by atoms with Gasteiger partial charge in [0.1, 0.15) is 0 Å². The van der Waals surface area contributed by atoms with E-state index in [0.717, 1.165) is 30.3 Å². The van der Waals surface area contributed by atoms with Crippen LogP contribution in [0.15, 0.2) is 54.6 Å². The molecule has 0 radical (unpaired) electrons. The zero-order chi connectivity index (χ0) is 25.9. The molecule has 0 spiro atoms. The predicted molar refractivity (Wildman–Crippen MR) is 118 cm³/mol. The number of benzene rings is 2. The molecule has 4 rings (SSSR count). The number of hydrogen-bond donors (Lipinski definition) is 1. The number of carbonyl (C=O) groups is 2. The van der Waals surface area contributed by atoms with Gasteiger partial charge in [0, 0.05) is 44.0 Å². The SMILES string of the molecule is O=C(Nc1ccc(F)c(F)c1)Oc1ccc(N2CCN(C(=O)c3ccccc3C(F)(F)F)CC2)nn1. The van der Waals surface area contributed by atoms with Gasteiger partial charge in [-0.2, -0.15) is 13.2 Å². The van der Waals surface area contributed by atoms with Crippen molar-refractivity contribution < 1.29 is 36.3 Å². The summed E-state index contributed by atoms with van der Waals surface area (Å²) in [5.74, 6) is -2.65. The smallest absolute Gasteiger partial charge is 0.389 e. The lowest BCUT2D eigenvalue weighted by Gasteiger charge is -2.35. The number of alkyl halides is 3. The maximum atomic E-state index is 13.3. The quantitative estimate of drug-likeness (QED) is 0.529. The van der Waals surface area contributed by atoms with Crippen LogP contribution in [-0.4, -0.2) is 53.3 Å². The molecule has 1 aliphatic heterocycles. The summed E-state index contributed by atoms with van der Waals surface area (Å²) in [6.07, 6.45) is -5.63. The summed E-state index contributed by atoms with van der Waals surface area (Å²) in [5, 5.41) is 9.99. The Morgan fingerprint density at radius 2 is 1.61 bits per heavy atom. The van der Waals surface area contributed by atoms with E-state index < -0.39 is 40.9 Å². The molecule has 8 nitrogen and oxygen atoms in total. The van der Waals surface area contributed by atoms with E-state index in [1.807, 2.05) is 0 Å². The van der Waals surface area contributed by atoms with Gasteiger partial charge in [-0.25, -0.2) is 13.6 Å². The van der Waals surface area contributed by atoms with Crippen molar-refractivity contribution in [2.45, 2.75) is 6.18 Å². The van der Waals surface area contributed by atoms with E-state index in [-0.39, 0.29) is 24.7 Å². The maximum absolute atomic E-state index is 13.3. The van der Waals surface area contributed by atoms with Crippen molar-refractivity contribution in [3.05, 3.63) is 77.4 Å². The van der Waals surface area contributed by atoms with Crippen molar-refractivity contribution in [2.24, 2.45) is 0 Å². The molecule has 0 aliphatic carbocycles. The van der Waals surface area contributed by atoms with E-state index in [1.165, 1.54) is 29.2 Å². The highest BCUT2D eigenvalue weighted by molar-refractivity contribution is 5.96. The summed E-state index contributed by atoms with van der Waals surface area (Å²) in [6, 6.07) is 10.3. The number of anilines is 2. The molecule has 188 valence electrons. The van der Waals surface area contributed by atoms with Gasteiger partial charge in [0.05, 0.1) is 11.1 Å². The lowest BCUT2D eigenvalue weighted by molar-refractivity contribution is -0.138. The van der Waals surface area contributed by atoms with Gasteiger partial charge in [-0.1, -0.05) is 12.1 Å². The summed E-state index contributed by atoms with van der Waals surface area (Å²) in [6.45, 7) is 0.931. The number of aromatic nitrogens is 2. The second-order valence-corrected chi connectivity index (χ2v) is 7.70. The molecular weight excluding hydrogens is 489 g/mol. The van der Waals surface area contributed by atoms with Crippen LogP contribution in [0.3, 0.4) is 0 Å². The third-order valence-electron chi connectivity index (χ3n) is 5.34. The van der Waals surface area contributed by atoms with Crippen molar-refractivity contribution in [3.63, 3.8) is 0 Å². The van der Waals surface area contributed by atoms with Gasteiger partial charge in [-0.05, 0) is 30.3 Å². The first-order valence-corrected chi connectivity index (χ1v) is 10.6. The van der Waals surface area contributed by atoms with Crippen LogP contribution in [0.25, 0.3) is 0 Å². The van der Waals surface area contributed by atoms with Crippen LogP contribution in [0.1, 0.15) is 15.9 Å². The second-order valence-electron chi connectivity index (χ2n) is 7.70. The summed E-state index contributed by atoms with van der Waals surface area (Å²) in [7, 11) is 0. The summed E-state index contributed by atoms with van der Waals surface area (Å²) < 4.78 is 70.9. The number of ether oxygens (including phenoxy) is 1. The Labute approximate surface area is 201 Å². The first kappa shape index (κ1) is 24.8. The standard InChI is InChI=1S/C23H18F5N5O3/c24-17-6-5-14(13-18(17)25)29-22(35)36-20-8-7-19(30-31-20)32-9-11-33(12-10-32)21(34)15-3-1-2-4-16(15)23(26,27)28/h1-8,13H,9-12H2,(H,29,35). The Morgan fingerprint density at radius 3 is 2.25 bits per heavy atom. The Kier molecular flexibility index (Phi) is 6.99. The third-order valence-corrected chi connectivity index (χ3v) is 5.34. The number of rotatable bonds is 4. The van der Waals surface area contributed by atoms with Gasteiger partial charge in [-0.3, -0.25) is 10.1 Å². The summed E-state index contributed by atoms with van der Waals surface area (Å²) in [4.78, 5) is 27.8. The molecule has 2 heterocycles. The molecule has 1 saturated heterocycles. The zero-order valence-electron chi connectivity index (χ0n) is 18.4. The molecule has 36 heavy (non-hydrogen) atoms. The minimum atomic E-state index is -4.64. The topological polar surface area (TPSA) is 87.7 Å². The van der Waals surface area contributed by atoms with Gasteiger partial charge in [-0.15, -0.1) is 10.2 Å². The molecule has 1 aromatic heterocycles. The highest BCUT2D eigenvalue weighted by atomic mass is 19.4. The number of carbonyl (C=O) groups excluding carboxylic acids is 2. The Morgan fingerprint density at radius 1 is 0.889 bits per heavy atom. The molecule has 1 aliphatic rings. The number of piperazine rings is 1. The predicted octanol–water partition coefficient (Wildman–Crippen LogP) is 4.35. The number of nitrogens with zero attached hydrogens (tertiary/aromatic N) is 4. The lowest BCUT2D eigenvalue weighted by Crippen LogP contribution is -2.49. The molecule has 3 aromatic rings. The molecule has 1 fully saturated rings. The first-order valence-electron chi connectivity index (χ1n) is 10.6. The molecular formula is C23H18F5N5O3. The van der Waals surface area contributed by atoms with Crippen LogP contribution in [0.2, 0.25) is 0 Å². The molecule has 2 amide bonds. The number of amides is 2. The Balaban J connectivity index is 1.33. The van der Waals surface area contributed by atoms with Crippen molar-refractivity contribution in [3.8, 4) is 5.88 Å². The van der Waals surface area contributed by atoms with Crippen molar-refractivity contribution >= 4 is 23.5 Å². The van der Waals surface area contributed by atoms with Crippen LogP contribution in [-0.2, 0) is 6.18 Å². The van der Waals surface area contributed by atoms with Crippen LogP contribution >= 0.6 is 0 Å². The largest absolute Gasteiger partial charge is 0.418 e. The second kappa shape index (κ2) is 10.1.